The highest BCUT2D eigenvalue weighted by molar-refractivity contribution is 5.96. The van der Waals surface area contributed by atoms with E-state index in [1.54, 1.807) is 43.0 Å². The smallest absolute Gasteiger partial charge is 0.241 e. The Balaban J connectivity index is 1.93. The summed E-state index contributed by atoms with van der Waals surface area (Å²) in [6.07, 6.45) is 0. The van der Waals surface area contributed by atoms with Crippen LogP contribution in [0.4, 0.5) is 25.8 Å². The van der Waals surface area contributed by atoms with Crippen LogP contribution < -0.4 is 16.0 Å². The van der Waals surface area contributed by atoms with Crippen LogP contribution in [-0.4, -0.2) is 41.8 Å². The van der Waals surface area contributed by atoms with E-state index in [4.69, 9.17) is 0 Å². The summed E-state index contributed by atoms with van der Waals surface area (Å²) in [7, 11) is 0. The van der Waals surface area contributed by atoms with Gasteiger partial charge in [-0.05, 0) is 49.9 Å². The standard InChI is InChI=1S/C21H24F2N4O3/c1-4-27(13(2)21(30)26-17-9-10-18(22)19(23)11-17)12-20(29)25-16-7-5-15(6-8-16)24-14(3)28/h5-11,13H,4,12H2,1-3H3,(H,24,28)(H,25,29)(H,26,30). The summed E-state index contributed by atoms with van der Waals surface area (Å²) in [5, 5.41) is 7.88. The highest BCUT2D eigenvalue weighted by Crippen LogP contribution is 2.15. The fourth-order valence-corrected chi connectivity index (χ4v) is 2.73. The molecule has 0 heterocycles. The van der Waals surface area contributed by atoms with Crippen molar-refractivity contribution in [3.63, 3.8) is 0 Å². The molecule has 30 heavy (non-hydrogen) atoms. The molecule has 2 aromatic carbocycles. The Bertz CT molecular complexity index is 919. The molecule has 0 saturated carbocycles. The van der Waals surface area contributed by atoms with E-state index in [1.807, 2.05) is 0 Å². The first-order chi connectivity index (χ1) is 14.2. The quantitative estimate of drug-likeness (QED) is 0.614. The molecule has 3 amide bonds. The van der Waals surface area contributed by atoms with Crippen molar-refractivity contribution < 1.29 is 23.2 Å². The molecule has 0 fully saturated rings. The van der Waals surface area contributed by atoms with Crippen LogP contribution in [-0.2, 0) is 14.4 Å². The van der Waals surface area contributed by atoms with Gasteiger partial charge in [0.1, 0.15) is 0 Å². The van der Waals surface area contributed by atoms with E-state index in [0.29, 0.717) is 17.9 Å². The third-order valence-corrected chi connectivity index (χ3v) is 4.36. The van der Waals surface area contributed by atoms with Crippen LogP contribution in [0.5, 0.6) is 0 Å². The Kier molecular flexibility index (Phi) is 7.99. The SMILES string of the molecule is CCN(CC(=O)Nc1ccc(NC(C)=O)cc1)C(C)C(=O)Nc1ccc(F)c(F)c1. The van der Waals surface area contributed by atoms with Gasteiger partial charge >= 0.3 is 0 Å². The monoisotopic (exact) mass is 418 g/mol. The normalized spacial score (nSPS) is 11.7. The second-order valence-corrected chi connectivity index (χ2v) is 6.66. The molecular formula is C21H24F2N4O3. The molecule has 0 aromatic heterocycles. The lowest BCUT2D eigenvalue weighted by molar-refractivity contribution is -0.123. The lowest BCUT2D eigenvalue weighted by Crippen LogP contribution is -2.45. The lowest BCUT2D eigenvalue weighted by Gasteiger charge is -2.26. The van der Waals surface area contributed by atoms with E-state index in [9.17, 15) is 23.2 Å². The first kappa shape index (κ1) is 23.0. The van der Waals surface area contributed by atoms with Gasteiger partial charge in [-0.3, -0.25) is 19.3 Å². The maximum absolute atomic E-state index is 13.3. The van der Waals surface area contributed by atoms with Gasteiger partial charge in [-0.1, -0.05) is 6.92 Å². The number of rotatable bonds is 8. The van der Waals surface area contributed by atoms with Crippen LogP contribution in [0.2, 0.25) is 0 Å². The molecule has 2 rings (SSSR count). The molecule has 1 unspecified atom stereocenters. The van der Waals surface area contributed by atoms with E-state index < -0.39 is 23.6 Å². The molecule has 0 aliphatic heterocycles. The molecule has 7 nitrogen and oxygen atoms in total. The molecule has 1 atom stereocenters. The summed E-state index contributed by atoms with van der Waals surface area (Å²) in [4.78, 5) is 37.5. The van der Waals surface area contributed by atoms with Crippen LogP contribution in [0.15, 0.2) is 42.5 Å². The number of nitrogens with zero attached hydrogens (tertiary/aromatic N) is 1. The fourth-order valence-electron chi connectivity index (χ4n) is 2.73. The van der Waals surface area contributed by atoms with Gasteiger partial charge in [-0.2, -0.15) is 0 Å². The van der Waals surface area contributed by atoms with Crippen molar-refractivity contribution in [3.8, 4) is 0 Å². The average Bonchev–Trinajstić information content (AvgIpc) is 2.69. The second kappa shape index (κ2) is 10.4. The predicted molar refractivity (Wildman–Crippen MR) is 111 cm³/mol. The van der Waals surface area contributed by atoms with Gasteiger partial charge in [0.2, 0.25) is 17.7 Å². The van der Waals surface area contributed by atoms with Crippen molar-refractivity contribution >= 4 is 34.8 Å². The van der Waals surface area contributed by atoms with Gasteiger partial charge in [0.05, 0.1) is 12.6 Å². The molecule has 0 aliphatic rings. The van der Waals surface area contributed by atoms with Gasteiger partial charge < -0.3 is 16.0 Å². The summed E-state index contributed by atoms with van der Waals surface area (Å²) in [5.41, 5.74) is 1.28. The Morgan fingerprint density at radius 3 is 2.00 bits per heavy atom. The van der Waals surface area contributed by atoms with Crippen molar-refractivity contribution in [2.45, 2.75) is 26.8 Å². The summed E-state index contributed by atoms with van der Waals surface area (Å²) in [6, 6.07) is 9.02. The zero-order valence-corrected chi connectivity index (χ0v) is 17.0. The summed E-state index contributed by atoms with van der Waals surface area (Å²) in [5.74, 6) is -3.03. The number of anilines is 3. The van der Waals surface area contributed by atoms with Gasteiger partial charge in [0.25, 0.3) is 0 Å². The maximum atomic E-state index is 13.3. The third-order valence-electron chi connectivity index (χ3n) is 4.36. The lowest BCUT2D eigenvalue weighted by atomic mass is 10.2. The number of nitrogens with one attached hydrogen (secondary N) is 3. The van der Waals surface area contributed by atoms with Crippen molar-refractivity contribution in [2.75, 3.05) is 29.0 Å². The Hall–Kier alpha value is -3.33. The largest absolute Gasteiger partial charge is 0.326 e. The van der Waals surface area contributed by atoms with E-state index >= 15 is 0 Å². The van der Waals surface area contributed by atoms with Gasteiger partial charge in [-0.15, -0.1) is 0 Å². The number of amides is 3. The molecular weight excluding hydrogens is 394 g/mol. The molecule has 0 radical (unpaired) electrons. The zero-order valence-electron chi connectivity index (χ0n) is 17.0. The second-order valence-electron chi connectivity index (χ2n) is 6.66. The summed E-state index contributed by atoms with van der Waals surface area (Å²) in [6.45, 7) is 5.20. The number of benzene rings is 2. The number of hydrogen-bond donors (Lipinski definition) is 3. The first-order valence-electron chi connectivity index (χ1n) is 9.37. The first-order valence-corrected chi connectivity index (χ1v) is 9.37. The van der Waals surface area contributed by atoms with E-state index in [0.717, 1.165) is 12.1 Å². The Labute approximate surface area is 173 Å². The summed E-state index contributed by atoms with van der Waals surface area (Å²) >= 11 is 0. The minimum Gasteiger partial charge on any atom is -0.326 e. The van der Waals surface area contributed by atoms with E-state index in [2.05, 4.69) is 16.0 Å². The number of carbonyl (C=O) groups excluding carboxylic acids is 3. The van der Waals surface area contributed by atoms with Crippen molar-refractivity contribution in [2.24, 2.45) is 0 Å². The number of halogens is 2. The van der Waals surface area contributed by atoms with E-state index in [1.165, 1.54) is 13.0 Å². The molecule has 0 saturated heterocycles. The van der Waals surface area contributed by atoms with Crippen LogP contribution >= 0.6 is 0 Å². The van der Waals surface area contributed by atoms with Crippen LogP contribution in [0.1, 0.15) is 20.8 Å². The molecule has 160 valence electrons. The topological polar surface area (TPSA) is 90.5 Å². The van der Waals surface area contributed by atoms with Crippen molar-refractivity contribution in [1.29, 1.82) is 0 Å². The van der Waals surface area contributed by atoms with Crippen molar-refractivity contribution in [3.05, 3.63) is 54.1 Å². The van der Waals surface area contributed by atoms with Crippen molar-refractivity contribution in [1.82, 2.24) is 4.90 Å². The molecule has 0 bridgehead atoms. The third kappa shape index (κ3) is 6.63. The highest BCUT2D eigenvalue weighted by Gasteiger charge is 2.22. The van der Waals surface area contributed by atoms with Crippen LogP contribution in [0, 0.1) is 11.6 Å². The molecule has 0 aliphatic carbocycles. The van der Waals surface area contributed by atoms with E-state index in [-0.39, 0.29) is 24.0 Å². The van der Waals surface area contributed by atoms with Crippen LogP contribution in [0.25, 0.3) is 0 Å². The Morgan fingerprint density at radius 1 is 0.900 bits per heavy atom. The van der Waals surface area contributed by atoms with Gasteiger partial charge in [0.15, 0.2) is 11.6 Å². The molecule has 3 N–H and O–H groups in total. The maximum Gasteiger partial charge on any atom is 0.241 e. The minimum absolute atomic E-state index is 0.0453. The predicted octanol–water partition coefficient (Wildman–Crippen LogP) is 3.21. The number of likely N-dealkylation sites (N-methyl/N-ethyl adjacent to an activating group) is 1. The Morgan fingerprint density at radius 2 is 1.47 bits per heavy atom. The summed E-state index contributed by atoms with van der Waals surface area (Å²) < 4.78 is 26.3. The molecule has 2 aromatic rings. The highest BCUT2D eigenvalue weighted by atomic mass is 19.2. The fraction of sp³-hybridized carbons (Fsp3) is 0.286. The van der Waals surface area contributed by atoms with Gasteiger partial charge in [-0.25, -0.2) is 8.78 Å². The molecule has 0 spiro atoms. The van der Waals surface area contributed by atoms with Crippen LogP contribution in [0.3, 0.4) is 0 Å². The van der Waals surface area contributed by atoms with Gasteiger partial charge in [0, 0.05) is 30.1 Å². The average molecular weight is 418 g/mol. The number of carbonyl (C=O) groups is 3. The molecule has 9 heteroatoms. The number of hydrogen-bond acceptors (Lipinski definition) is 4. The minimum atomic E-state index is -1.06. The zero-order chi connectivity index (χ0) is 22.3.